The monoisotopic (exact) mass is 200 g/mol. The molecule has 0 fully saturated rings. The zero-order valence-electron chi connectivity index (χ0n) is 8.44. The molecule has 1 aromatic heterocycles. The summed E-state index contributed by atoms with van der Waals surface area (Å²) in [5.41, 5.74) is 5.63. The molecule has 2 aromatic rings. The molecule has 0 aliphatic heterocycles. The lowest BCUT2D eigenvalue weighted by Gasteiger charge is -2.00. The van der Waals surface area contributed by atoms with Gasteiger partial charge in [0.2, 0.25) is 0 Å². The molecular weight excluding hydrogens is 188 g/mol. The van der Waals surface area contributed by atoms with Crippen LogP contribution in [-0.4, -0.2) is 15.9 Å². The molecule has 76 valence electrons. The molecule has 4 nitrogen and oxygen atoms in total. The third kappa shape index (κ3) is 2.43. The van der Waals surface area contributed by atoms with Gasteiger partial charge in [-0.25, -0.2) is 0 Å². The molecule has 0 atom stereocenters. The molecule has 1 heterocycles. The van der Waals surface area contributed by atoms with Crippen LogP contribution in [0.5, 0.6) is 0 Å². The van der Waals surface area contributed by atoms with Crippen LogP contribution in [-0.2, 0) is 0 Å². The van der Waals surface area contributed by atoms with E-state index in [1.165, 1.54) is 0 Å². The summed E-state index contributed by atoms with van der Waals surface area (Å²) in [7, 11) is 0. The van der Waals surface area contributed by atoms with E-state index >= 15 is 0 Å². The summed E-state index contributed by atoms with van der Waals surface area (Å²) in [5.74, 6) is 0. The average Bonchev–Trinajstić information content (AvgIpc) is 2.81. The van der Waals surface area contributed by atoms with Crippen molar-refractivity contribution >= 4 is 11.4 Å². The number of nitrogens with one attached hydrogen (secondary N) is 2. The van der Waals surface area contributed by atoms with Gasteiger partial charge in [0.05, 0.1) is 11.4 Å². The minimum absolute atomic E-state index is 0.846. The number of aromatic amines is 1. The van der Waals surface area contributed by atoms with Gasteiger partial charge in [0.25, 0.3) is 0 Å². The Morgan fingerprint density at radius 1 is 1.27 bits per heavy atom. The predicted octanol–water partition coefficient (Wildman–Crippen LogP) is 2.25. The summed E-state index contributed by atoms with van der Waals surface area (Å²) in [6.45, 7) is 1.91. The SMILES string of the molecule is CC(=NNc1ccccc1)c1cc[nH]n1. The van der Waals surface area contributed by atoms with Crippen molar-refractivity contribution in [3.8, 4) is 0 Å². The summed E-state index contributed by atoms with van der Waals surface area (Å²) in [4.78, 5) is 0. The van der Waals surface area contributed by atoms with Gasteiger partial charge in [-0.2, -0.15) is 10.2 Å². The minimum Gasteiger partial charge on any atom is -0.285 e. The van der Waals surface area contributed by atoms with Crippen molar-refractivity contribution in [2.24, 2.45) is 5.10 Å². The van der Waals surface area contributed by atoms with E-state index in [0.29, 0.717) is 0 Å². The number of benzene rings is 1. The van der Waals surface area contributed by atoms with Crippen LogP contribution < -0.4 is 5.43 Å². The van der Waals surface area contributed by atoms with E-state index in [1.54, 1.807) is 6.20 Å². The summed E-state index contributed by atoms with van der Waals surface area (Å²) in [5, 5.41) is 11.0. The van der Waals surface area contributed by atoms with E-state index in [-0.39, 0.29) is 0 Å². The van der Waals surface area contributed by atoms with Gasteiger partial charge in [-0.3, -0.25) is 10.5 Å². The van der Waals surface area contributed by atoms with Gasteiger partial charge >= 0.3 is 0 Å². The second-order valence-electron chi connectivity index (χ2n) is 3.13. The summed E-state index contributed by atoms with van der Waals surface area (Å²) in [6, 6.07) is 11.7. The largest absolute Gasteiger partial charge is 0.285 e. The topological polar surface area (TPSA) is 53.1 Å². The van der Waals surface area contributed by atoms with Crippen LogP contribution >= 0.6 is 0 Å². The zero-order chi connectivity index (χ0) is 10.5. The van der Waals surface area contributed by atoms with Crippen molar-refractivity contribution in [3.63, 3.8) is 0 Å². The Balaban J connectivity index is 2.06. The third-order valence-corrected chi connectivity index (χ3v) is 2.00. The molecule has 0 amide bonds. The maximum absolute atomic E-state index is 4.22. The van der Waals surface area contributed by atoms with Gasteiger partial charge in [0.1, 0.15) is 5.69 Å². The second kappa shape index (κ2) is 4.41. The maximum atomic E-state index is 4.22. The van der Waals surface area contributed by atoms with Gasteiger partial charge in [-0.1, -0.05) is 18.2 Å². The van der Waals surface area contributed by atoms with Crippen molar-refractivity contribution in [1.82, 2.24) is 10.2 Å². The minimum atomic E-state index is 0.846. The van der Waals surface area contributed by atoms with Crippen molar-refractivity contribution < 1.29 is 0 Å². The van der Waals surface area contributed by atoms with E-state index in [0.717, 1.165) is 17.1 Å². The molecule has 0 aliphatic carbocycles. The van der Waals surface area contributed by atoms with Crippen LogP contribution in [0.1, 0.15) is 12.6 Å². The van der Waals surface area contributed by atoms with Crippen molar-refractivity contribution in [3.05, 3.63) is 48.3 Å². The number of rotatable bonds is 3. The normalized spacial score (nSPS) is 11.4. The molecule has 0 unspecified atom stereocenters. The quantitative estimate of drug-likeness (QED) is 0.589. The average molecular weight is 200 g/mol. The lowest BCUT2D eigenvalue weighted by atomic mass is 10.3. The van der Waals surface area contributed by atoms with Crippen LogP contribution in [0, 0.1) is 0 Å². The first-order valence-corrected chi connectivity index (χ1v) is 4.72. The Bertz CT molecular complexity index is 431. The predicted molar refractivity (Wildman–Crippen MR) is 60.9 cm³/mol. The molecule has 2 rings (SSSR count). The zero-order valence-corrected chi connectivity index (χ0v) is 8.44. The second-order valence-corrected chi connectivity index (χ2v) is 3.13. The van der Waals surface area contributed by atoms with Crippen LogP contribution in [0.15, 0.2) is 47.7 Å². The van der Waals surface area contributed by atoms with Crippen LogP contribution in [0.3, 0.4) is 0 Å². The molecule has 0 aliphatic rings. The highest BCUT2D eigenvalue weighted by atomic mass is 15.3. The molecule has 15 heavy (non-hydrogen) atoms. The summed E-state index contributed by atoms with van der Waals surface area (Å²) in [6.07, 6.45) is 1.77. The van der Waals surface area contributed by atoms with Crippen molar-refractivity contribution in [2.45, 2.75) is 6.92 Å². The number of H-pyrrole nitrogens is 1. The summed E-state index contributed by atoms with van der Waals surface area (Å²) >= 11 is 0. The van der Waals surface area contributed by atoms with Crippen molar-refractivity contribution in [2.75, 3.05) is 5.43 Å². The molecular formula is C11H12N4. The standard InChI is InChI=1S/C11H12N4/c1-9(11-7-8-12-15-11)13-14-10-5-3-2-4-6-10/h2-8,14H,1H3,(H,12,15). The molecule has 4 heteroatoms. The number of hydrazone groups is 1. The first-order valence-electron chi connectivity index (χ1n) is 4.72. The Morgan fingerprint density at radius 2 is 2.07 bits per heavy atom. The lowest BCUT2D eigenvalue weighted by molar-refractivity contribution is 1.08. The van der Waals surface area contributed by atoms with Gasteiger partial charge < -0.3 is 0 Å². The molecule has 0 radical (unpaired) electrons. The van der Waals surface area contributed by atoms with E-state index in [1.807, 2.05) is 43.3 Å². The Kier molecular flexibility index (Phi) is 2.78. The first kappa shape index (κ1) is 9.45. The number of hydrogen-bond acceptors (Lipinski definition) is 3. The van der Waals surface area contributed by atoms with Crippen LogP contribution in [0.2, 0.25) is 0 Å². The molecule has 1 aromatic carbocycles. The molecule has 0 saturated heterocycles. The Labute approximate surface area is 88.0 Å². The van der Waals surface area contributed by atoms with Crippen molar-refractivity contribution in [1.29, 1.82) is 0 Å². The highest BCUT2D eigenvalue weighted by Gasteiger charge is 1.97. The molecule has 0 spiro atoms. The van der Waals surface area contributed by atoms with E-state index in [2.05, 4.69) is 20.7 Å². The highest BCUT2D eigenvalue weighted by molar-refractivity contribution is 5.97. The lowest BCUT2D eigenvalue weighted by Crippen LogP contribution is -1.99. The number of nitrogens with zero attached hydrogens (tertiary/aromatic N) is 2. The number of hydrogen-bond donors (Lipinski definition) is 2. The highest BCUT2D eigenvalue weighted by Crippen LogP contribution is 2.05. The van der Waals surface area contributed by atoms with Crippen LogP contribution in [0.25, 0.3) is 0 Å². The molecule has 2 N–H and O–H groups in total. The van der Waals surface area contributed by atoms with Gasteiger partial charge in [-0.15, -0.1) is 0 Å². The maximum Gasteiger partial charge on any atom is 0.108 e. The fraction of sp³-hybridized carbons (Fsp3) is 0.0909. The first-order chi connectivity index (χ1) is 7.36. The Hall–Kier alpha value is -2.10. The molecule has 0 bridgehead atoms. The van der Waals surface area contributed by atoms with Gasteiger partial charge in [-0.05, 0) is 25.1 Å². The fourth-order valence-electron chi connectivity index (χ4n) is 1.18. The van der Waals surface area contributed by atoms with E-state index in [9.17, 15) is 0 Å². The number of anilines is 1. The van der Waals surface area contributed by atoms with Gasteiger partial charge in [0, 0.05) is 6.20 Å². The van der Waals surface area contributed by atoms with E-state index < -0.39 is 0 Å². The molecule has 0 saturated carbocycles. The number of aromatic nitrogens is 2. The number of para-hydroxylation sites is 1. The smallest absolute Gasteiger partial charge is 0.108 e. The van der Waals surface area contributed by atoms with Gasteiger partial charge in [0.15, 0.2) is 0 Å². The van der Waals surface area contributed by atoms with Crippen LogP contribution in [0.4, 0.5) is 5.69 Å². The third-order valence-electron chi connectivity index (χ3n) is 2.00. The fourth-order valence-corrected chi connectivity index (χ4v) is 1.18. The van der Waals surface area contributed by atoms with E-state index in [4.69, 9.17) is 0 Å². The summed E-state index contributed by atoms with van der Waals surface area (Å²) < 4.78 is 0. The Morgan fingerprint density at radius 3 is 2.73 bits per heavy atom.